The molecule has 0 saturated carbocycles. The number of thioether (sulfide) groups is 1. The molecule has 3 rings (SSSR count). The van der Waals surface area contributed by atoms with E-state index in [-0.39, 0.29) is 23.4 Å². The molecule has 0 unspecified atom stereocenters. The largest absolute Gasteiger partial charge is 0.462 e. The quantitative estimate of drug-likeness (QED) is 0.636. The maximum Gasteiger partial charge on any atom is 0.329 e. The van der Waals surface area contributed by atoms with Crippen LogP contribution in [0.2, 0.25) is 0 Å². The number of hydrogen-bond donors (Lipinski definition) is 1. The van der Waals surface area contributed by atoms with Crippen LogP contribution in [0.1, 0.15) is 19.8 Å². The Balaban J connectivity index is 1.47. The van der Waals surface area contributed by atoms with Gasteiger partial charge in [-0.3, -0.25) is 4.79 Å². The number of aromatic nitrogens is 2. The van der Waals surface area contributed by atoms with Crippen LogP contribution in [0.3, 0.4) is 0 Å². The first-order valence-electron chi connectivity index (χ1n) is 7.24. The summed E-state index contributed by atoms with van der Waals surface area (Å²) in [7, 11) is 0. The fraction of sp³-hybridized carbons (Fsp3) is 0.571. The molecule has 1 amide bonds. The van der Waals surface area contributed by atoms with Crippen LogP contribution in [0.5, 0.6) is 0 Å². The van der Waals surface area contributed by atoms with Gasteiger partial charge in [0.2, 0.25) is 11.9 Å². The predicted octanol–water partition coefficient (Wildman–Crippen LogP) is 0.886. The number of fused-ring (bicyclic) bond motifs is 1. The molecular weight excluding hydrogens is 304 g/mol. The smallest absolute Gasteiger partial charge is 0.329 e. The van der Waals surface area contributed by atoms with Gasteiger partial charge in [0.15, 0.2) is 0 Å². The normalized spacial score (nSPS) is 26.9. The molecular formula is C14H18N4O3S. The summed E-state index contributed by atoms with van der Waals surface area (Å²) in [6.45, 7) is 2.67. The highest BCUT2D eigenvalue weighted by Crippen LogP contribution is 2.47. The molecule has 2 aliphatic heterocycles. The molecule has 0 aliphatic carbocycles. The number of hydrogen-bond acceptors (Lipinski definition) is 7. The molecule has 0 aromatic carbocycles. The minimum absolute atomic E-state index is 0.0465. The lowest BCUT2D eigenvalue weighted by molar-refractivity contribution is -0.153. The first-order valence-corrected chi connectivity index (χ1v) is 8.22. The molecule has 118 valence electrons. The summed E-state index contributed by atoms with van der Waals surface area (Å²) in [4.78, 5) is 33.7. The minimum atomic E-state index is -0.460. The van der Waals surface area contributed by atoms with Gasteiger partial charge in [-0.05, 0) is 19.4 Å². The number of nitrogens with zero attached hydrogens (tertiary/aromatic N) is 3. The fourth-order valence-corrected chi connectivity index (χ4v) is 4.21. The Bertz CT molecular complexity index is 570. The lowest BCUT2D eigenvalue weighted by atomic mass is 10.2. The van der Waals surface area contributed by atoms with E-state index in [1.54, 1.807) is 35.1 Å². The maximum atomic E-state index is 12.2. The van der Waals surface area contributed by atoms with Gasteiger partial charge >= 0.3 is 5.97 Å². The third-order valence-electron chi connectivity index (χ3n) is 3.91. The van der Waals surface area contributed by atoms with E-state index in [1.807, 2.05) is 6.92 Å². The van der Waals surface area contributed by atoms with Gasteiger partial charge in [0.1, 0.15) is 12.6 Å². The summed E-state index contributed by atoms with van der Waals surface area (Å²) in [5.74, 6) is 0.820. The number of amides is 1. The van der Waals surface area contributed by atoms with Gasteiger partial charge in [0.05, 0.1) is 11.4 Å². The number of esters is 1. The van der Waals surface area contributed by atoms with Crippen LogP contribution in [0.4, 0.5) is 5.95 Å². The minimum Gasteiger partial charge on any atom is -0.462 e. The molecule has 1 N–H and O–H groups in total. The monoisotopic (exact) mass is 322 g/mol. The summed E-state index contributed by atoms with van der Waals surface area (Å²) < 4.78 is 5.28. The van der Waals surface area contributed by atoms with Crippen LogP contribution in [0, 0.1) is 0 Å². The molecule has 1 aromatic heterocycles. The molecule has 0 radical (unpaired) electrons. The summed E-state index contributed by atoms with van der Waals surface area (Å²) in [5.41, 5.74) is 0. The zero-order valence-corrected chi connectivity index (χ0v) is 13.1. The van der Waals surface area contributed by atoms with Gasteiger partial charge < -0.3 is 15.0 Å². The average Bonchev–Trinajstić information content (AvgIpc) is 3.01. The van der Waals surface area contributed by atoms with Crippen molar-refractivity contribution in [2.75, 3.05) is 24.2 Å². The Morgan fingerprint density at radius 1 is 1.55 bits per heavy atom. The highest BCUT2D eigenvalue weighted by Gasteiger charge is 2.53. The van der Waals surface area contributed by atoms with Crippen LogP contribution in [0.15, 0.2) is 18.5 Å². The summed E-state index contributed by atoms with van der Waals surface area (Å²) >= 11 is 1.66. The molecule has 2 atom stereocenters. The van der Waals surface area contributed by atoms with Crippen LogP contribution in [-0.4, -0.2) is 56.6 Å². The van der Waals surface area contributed by atoms with E-state index in [0.717, 1.165) is 6.42 Å². The van der Waals surface area contributed by atoms with Gasteiger partial charge in [-0.25, -0.2) is 14.8 Å². The van der Waals surface area contributed by atoms with Gasteiger partial charge in [0, 0.05) is 24.6 Å². The van der Waals surface area contributed by atoms with Gasteiger partial charge in [-0.1, -0.05) is 0 Å². The molecule has 2 aliphatic rings. The molecule has 2 fully saturated rings. The van der Waals surface area contributed by atoms with E-state index in [1.165, 1.54) is 0 Å². The third-order valence-corrected chi connectivity index (χ3v) is 5.42. The van der Waals surface area contributed by atoms with Crippen molar-refractivity contribution in [1.82, 2.24) is 14.9 Å². The standard InChI is InChI=1S/C14H18N4O3S/c1-14-4-3-11(19)18(14)10(9-22-14)12(20)21-8-7-17-13-15-5-2-6-16-13/h2,5-6,10H,3-4,7-9H2,1H3,(H,15,16,17)/t10-,14+/m0/s1. The first-order chi connectivity index (χ1) is 10.6. The second kappa shape index (κ2) is 6.12. The highest BCUT2D eigenvalue weighted by atomic mass is 32.2. The molecule has 3 heterocycles. The second-order valence-corrected chi connectivity index (χ2v) is 6.93. The molecule has 22 heavy (non-hydrogen) atoms. The number of nitrogens with one attached hydrogen (secondary N) is 1. The lowest BCUT2D eigenvalue weighted by Gasteiger charge is -2.29. The zero-order valence-electron chi connectivity index (χ0n) is 12.3. The Morgan fingerprint density at radius 2 is 2.32 bits per heavy atom. The average molecular weight is 322 g/mol. The summed E-state index contributed by atoms with van der Waals surface area (Å²) in [6.07, 6.45) is 4.58. The molecule has 8 heteroatoms. The van der Waals surface area contributed by atoms with Crippen LogP contribution < -0.4 is 5.32 Å². The Morgan fingerprint density at radius 3 is 3.09 bits per heavy atom. The van der Waals surface area contributed by atoms with Crippen molar-refractivity contribution < 1.29 is 14.3 Å². The van der Waals surface area contributed by atoms with Crippen molar-refractivity contribution in [3.63, 3.8) is 0 Å². The lowest BCUT2D eigenvalue weighted by Crippen LogP contribution is -2.46. The van der Waals surface area contributed by atoms with Crippen molar-refractivity contribution in [2.24, 2.45) is 0 Å². The first kappa shape index (κ1) is 15.1. The SMILES string of the molecule is C[C@@]12CCC(=O)N1[C@H](C(=O)OCCNc1ncccn1)CS2. The zero-order chi connectivity index (χ0) is 15.6. The number of anilines is 1. The topological polar surface area (TPSA) is 84.4 Å². The Kier molecular flexibility index (Phi) is 4.19. The van der Waals surface area contributed by atoms with Gasteiger partial charge in [-0.2, -0.15) is 0 Å². The van der Waals surface area contributed by atoms with Crippen molar-refractivity contribution >= 4 is 29.6 Å². The number of carbonyl (C=O) groups excluding carboxylic acids is 2. The fourth-order valence-electron chi connectivity index (χ4n) is 2.80. The van der Waals surface area contributed by atoms with Gasteiger partial charge in [-0.15, -0.1) is 11.8 Å². The predicted molar refractivity (Wildman–Crippen MR) is 82.2 cm³/mol. The number of ether oxygens (including phenoxy) is 1. The Hall–Kier alpha value is -1.83. The van der Waals surface area contributed by atoms with Crippen LogP contribution >= 0.6 is 11.8 Å². The Labute approximate surface area is 132 Å². The molecule has 7 nitrogen and oxygen atoms in total. The molecule has 0 spiro atoms. The van der Waals surface area contributed by atoms with Crippen molar-refractivity contribution in [3.8, 4) is 0 Å². The molecule has 1 aromatic rings. The summed E-state index contributed by atoms with van der Waals surface area (Å²) in [6, 6.07) is 1.27. The van der Waals surface area contributed by atoms with Crippen LogP contribution in [0.25, 0.3) is 0 Å². The van der Waals surface area contributed by atoms with E-state index >= 15 is 0 Å². The maximum absolute atomic E-state index is 12.2. The van der Waals surface area contributed by atoms with Crippen molar-refractivity contribution in [3.05, 3.63) is 18.5 Å². The summed E-state index contributed by atoms with van der Waals surface area (Å²) in [5, 5.41) is 2.97. The van der Waals surface area contributed by atoms with Crippen LogP contribution in [-0.2, 0) is 14.3 Å². The van der Waals surface area contributed by atoms with E-state index in [4.69, 9.17) is 4.74 Å². The number of carbonyl (C=O) groups is 2. The van der Waals surface area contributed by atoms with Gasteiger partial charge in [0.25, 0.3) is 0 Å². The van der Waals surface area contributed by atoms with E-state index in [9.17, 15) is 9.59 Å². The van der Waals surface area contributed by atoms with Crippen molar-refractivity contribution in [1.29, 1.82) is 0 Å². The number of rotatable bonds is 5. The highest BCUT2D eigenvalue weighted by molar-refractivity contribution is 8.01. The molecule has 0 bridgehead atoms. The third kappa shape index (κ3) is 2.87. The van der Waals surface area contributed by atoms with Crippen molar-refractivity contribution in [2.45, 2.75) is 30.7 Å². The van der Waals surface area contributed by atoms with E-state index in [2.05, 4.69) is 15.3 Å². The van der Waals surface area contributed by atoms with E-state index < -0.39 is 6.04 Å². The second-order valence-electron chi connectivity index (χ2n) is 5.43. The van der Waals surface area contributed by atoms with E-state index in [0.29, 0.717) is 24.7 Å². The molecule has 2 saturated heterocycles.